The Morgan fingerprint density at radius 3 is 2.71 bits per heavy atom. The van der Waals surface area contributed by atoms with Crippen LogP contribution in [0.3, 0.4) is 0 Å². The predicted octanol–water partition coefficient (Wildman–Crippen LogP) is 3.68. The van der Waals surface area contributed by atoms with Crippen molar-refractivity contribution in [1.29, 1.82) is 0 Å². The van der Waals surface area contributed by atoms with E-state index < -0.39 is 0 Å². The minimum Gasteiger partial charge on any atom is -0.330 e. The molecule has 0 atom stereocenters. The Bertz CT molecular complexity index is 601. The third-order valence-electron chi connectivity index (χ3n) is 3.33. The first-order chi connectivity index (χ1) is 8.33. The number of hydrogen-bond acceptors (Lipinski definition) is 2. The molecule has 0 bridgehead atoms. The topological polar surface area (TPSA) is 28.7 Å². The van der Waals surface area contributed by atoms with Gasteiger partial charge in [0.2, 0.25) is 0 Å². The normalized spacial score (nSPS) is 14.4. The molecule has 0 fully saturated rings. The number of fused-ring (bicyclic) bond motifs is 1. The number of H-pyrrole nitrogens is 1. The number of aryl methyl sites for hydroxylation is 2. The van der Waals surface area contributed by atoms with Crippen molar-refractivity contribution in [2.45, 2.75) is 25.7 Å². The summed E-state index contributed by atoms with van der Waals surface area (Å²) in [5.74, 6) is 0. The fourth-order valence-electron chi connectivity index (χ4n) is 2.44. The van der Waals surface area contributed by atoms with E-state index in [2.05, 4.69) is 28.2 Å². The average Bonchev–Trinajstić information content (AvgIpc) is 2.38. The maximum Gasteiger partial charge on any atom is 0.197 e. The molecule has 1 aliphatic rings. The third kappa shape index (κ3) is 2.15. The van der Waals surface area contributed by atoms with E-state index in [0.717, 1.165) is 5.69 Å². The molecule has 2 nitrogen and oxygen atoms in total. The number of aromatic amines is 1. The lowest BCUT2D eigenvalue weighted by Crippen LogP contribution is -2.02. The Balaban J connectivity index is 2.07. The van der Waals surface area contributed by atoms with Crippen LogP contribution in [-0.2, 0) is 12.8 Å². The SMILES string of the molecule is S=c1nccc(-c2ccc3c(c2)CCCC3)[nH]1. The monoisotopic (exact) mass is 242 g/mol. The van der Waals surface area contributed by atoms with Gasteiger partial charge in [-0.25, -0.2) is 4.98 Å². The summed E-state index contributed by atoms with van der Waals surface area (Å²) in [5, 5.41) is 0. The van der Waals surface area contributed by atoms with Crippen LogP contribution in [0.25, 0.3) is 11.3 Å². The van der Waals surface area contributed by atoms with Crippen LogP contribution in [0, 0.1) is 4.77 Å². The van der Waals surface area contributed by atoms with Gasteiger partial charge in [0, 0.05) is 11.9 Å². The molecule has 17 heavy (non-hydrogen) atoms. The molecule has 0 aliphatic heterocycles. The van der Waals surface area contributed by atoms with Crippen LogP contribution in [-0.4, -0.2) is 9.97 Å². The van der Waals surface area contributed by atoms with Crippen LogP contribution < -0.4 is 0 Å². The minimum atomic E-state index is 0.542. The molecule has 3 heteroatoms. The zero-order valence-electron chi connectivity index (χ0n) is 9.57. The summed E-state index contributed by atoms with van der Waals surface area (Å²) in [7, 11) is 0. The number of rotatable bonds is 1. The van der Waals surface area contributed by atoms with Crippen LogP contribution in [0.15, 0.2) is 30.5 Å². The molecule has 0 unspecified atom stereocenters. The molecule has 0 radical (unpaired) electrons. The number of nitrogens with one attached hydrogen (secondary N) is 1. The average molecular weight is 242 g/mol. The van der Waals surface area contributed by atoms with Gasteiger partial charge in [-0.1, -0.05) is 12.1 Å². The van der Waals surface area contributed by atoms with Gasteiger partial charge in [0.1, 0.15) is 0 Å². The van der Waals surface area contributed by atoms with Crippen molar-refractivity contribution in [2.75, 3.05) is 0 Å². The molecule has 0 spiro atoms. The molecule has 0 saturated heterocycles. The smallest absolute Gasteiger partial charge is 0.197 e. The summed E-state index contributed by atoms with van der Waals surface area (Å²) in [5.41, 5.74) is 5.26. The highest BCUT2D eigenvalue weighted by molar-refractivity contribution is 7.71. The molecule has 3 rings (SSSR count). The van der Waals surface area contributed by atoms with E-state index in [-0.39, 0.29) is 0 Å². The fraction of sp³-hybridized carbons (Fsp3) is 0.286. The zero-order chi connectivity index (χ0) is 11.7. The molecule has 86 valence electrons. The van der Waals surface area contributed by atoms with Crippen molar-refractivity contribution < 1.29 is 0 Å². The van der Waals surface area contributed by atoms with Gasteiger partial charge >= 0.3 is 0 Å². The number of nitrogens with zero attached hydrogens (tertiary/aromatic N) is 1. The van der Waals surface area contributed by atoms with Gasteiger partial charge in [0.15, 0.2) is 4.77 Å². The summed E-state index contributed by atoms with van der Waals surface area (Å²) >= 11 is 5.05. The van der Waals surface area contributed by atoms with Gasteiger partial charge < -0.3 is 4.98 Å². The Hall–Kier alpha value is -1.48. The minimum absolute atomic E-state index is 0.542. The number of hydrogen-bond donors (Lipinski definition) is 1. The van der Waals surface area contributed by atoms with Crippen molar-refractivity contribution >= 4 is 12.2 Å². The van der Waals surface area contributed by atoms with E-state index >= 15 is 0 Å². The Morgan fingerprint density at radius 2 is 1.88 bits per heavy atom. The van der Waals surface area contributed by atoms with Gasteiger partial charge in [-0.3, -0.25) is 0 Å². The van der Waals surface area contributed by atoms with E-state index in [1.807, 2.05) is 6.07 Å². The van der Waals surface area contributed by atoms with E-state index in [4.69, 9.17) is 12.2 Å². The van der Waals surface area contributed by atoms with Crippen molar-refractivity contribution in [3.05, 3.63) is 46.4 Å². The van der Waals surface area contributed by atoms with E-state index in [0.29, 0.717) is 4.77 Å². The maximum absolute atomic E-state index is 5.05. The van der Waals surface area contributed by atoms with Crippen LogP contribution in [0.2, 0.25) is 0 Å². The summed E-state index contributed by atoms with van der Waals surface area (Å²) < 4.78 is 0.542. The molecular weight excluding hydrogens is 228 g/mol. The summed E-state index contributed by atoms with van der Waals surface area (Å²) in [6.45, 7) is 0. The summed E-state index contributed by atoms with van der Waals surface area (Å²) in [6, 6.07) is 8.68. The Morgan fingerprint density at radius 1 is 1.06 bits per heavy atom. The van der Waals surface area contributed by atoms with Gasteiger partial charge in [0.25, 0.3) is 0 Å². The molecule has 1 aliphatic carbocycles. The van der Waals surface area contributed by atoms with E-state index in [9.17, 15) is 0 Å². The molecule has 1 aromatic carbocycles. The second-order valence-corrected chi connectivity index (χ2v) is 4.87. The molecule has 0 amide bonds. The predicted molar refractivity (Wildman–Crippen MR) is 71.5 cm³/mol. The third-order valence-corrected chi connectivity index (χ3v) is 3.54. The lowest BCUT2D eigenvalue weighted by atomic mass is 9.90. The molecular formula is C14H14N2S. The summed E-state index contributed by atoms with van der Waals surface area (Å²) in [4.78, 5) is 7.15. The van der Waals surface area contributed by atoms with Crippen molar-refractivity contribution in [1.82, 2.24) is 9.97 Å². The maximum atomic E-state index is 5.05. The second-order valence-electron chi connectivity index (χ2n) is 4.48. The first-order valence-corrected chi connectivity index (χ1v) is 6.41. The zero-order valence-corrected chi connectivity index (χ0v) is 10.4. The van der Waals surface area contributed by atoms with E-state index in [1.54, 1.807) is 6.20 Å². The highest BCUT2D eigenvalue weighted by atomic mass is 32.1. The largest absolute Gasteiger partial charge is 0.330 e. The van der Waals surface area contributed by atoms with Gasteiger partial charge in [0.05, 0.1) is 0 Å². The van der Waals surface area contributed by atoms with E-state index in [1.165, 1.54) is 42.4 Å². The Labute approximate surface area is 106 Å². The van der Waals surface area contributed by atoms with Crippen LogP contribution in [0.1, 0.15) is 24.0 Å². The van der Waals surface area contributed by atoms with Gasteiger partial charge in [-0.15, -0.1) is 0 Å². The first kappa shape index (κ1) is 10.7. The number of benzene rings is 1. The van der Waals surface area contributed by atoms with Gasteiger partial charge in [-0.05, 0) is 66.7 Å². The van der Waals surface area contributed by atoms with Crippen molar-refractivity contribution in [2.24, 2.45) is 0 Å². The van der Waals surface area contributed by atoms with Crippen molar-refractivity contribution in [3.8, 4) is 11.3 Å². The first-order valence-electron chi connectivity index (χ1n) is 6.00. The summed E-state index contributed by atoms with van der Waals surface area (Å²) in [6.07, 6.45) is 6.82. The van der Waals surface area contributed by atoms with Crippen LogP contribution in [0.5, 0.6) is 0 Å². The molecule has 1 aromatic heterocycles. The second kappa shape index (κ2) is 4.41. The van der Waals surface area contributed by atoms with Gasteiger partial charge in [-0.2, -0.15) is 0 Å². The fourth-order valence-corrected chi connectivity index (χ4v) is 2.61. The lowest BCUT2D eigenvalue weighted by Gasteiger charge is -2.16. The highest BCUT2D eigenvalue weighted by Gasteiger charge is 2.10. The van der Waals surface area contributed by atoms with Crippen molar-refractivity contribution in [3.63, 3.8) is 0 Å². The Kier molecular flexibility index (Phi) is 2.77. The van der Waals surface area contributed by atoms with Crippen LogP contribution >= 0.6 is 12.2 Å². The molecule has 1 heterocycles. The lowest BCUT2D eigenvalue weighted by molar-refractivity contribution is 0.686. The molecule has 1 N–H and O–H groups in total. The van der Waals surface area contributed by atoms with Crippen LogP contribution in [0.4, 0.5) is 0 Å². The number of aromatic nitrogens is 2. The molecule has 0 saturated carbocycles. The molecule has 2 aromatic rings. The quantitative estimate of drug-likeness (QED) is 0.773. The standard InChI is InChI=1S/C14H14N2S/c17-14-15-8-7-13(16-14)12-6-5-10-3-1-2-4-11(10)9-12/h5-9H,1-4H2,(H,15,16,17). The highest BCUT2D eigenvalue weighted by Crippen LogP contribution is 2.26.